The molecule has 2 unspecified atom stereocenters. The fourth-order valence-electron chi connectivity index (χ4n) is 2.17. The molecular weight excluding hydrogens is 256 g/mol. The van der Waals surface area contributed by atoms with E-state index in [1.807, 2.05) is 6.92 Å². The molecule has 1 fully saturated rings. The Hall–Kier alpha value is -1.62. The van der Waals surface area contributed by atoms with Crippen LogP contribution in [0.25, 0.3) is 0 Å². The number of aliphatic carboxylic acids is 1. The summed E-state index contributed by atoms with van der Waals surface area (Å²) in [4.78, 5) is 28.5. The minimum atomic E-state index is -0.856. The van der Waals surface area contributed by atoms with Crippen LogP contribution in [-0.4, -0.2) is 40.0 Å². The number of carbonyl (C=O) groups is 2. The lowest BCUT2D eigenvalue weighted by Crippen LogP contribution is -2.29. The van der Waals surface area contributed by atoms with E-state index in [0.717, 1.165) is 0 Å². The van der Waals surface area contributed by atoms with Gasteiger partial charge >= 0.3 is 5.97 Å². The summed E-state index contributed by atoms with van der Waals surface area (Å²) in [7, 11) is 0. The van der Waals surface area contributed by atoms with E-state index < -0.39 is 11.9 Å². The van der Waals surface area contributed by atoms with Gasteiger partial charge < -0.3 is 10.0 Å². The summed E-state index contributed by atoms with van der Waals surface area (Å²) in [6.45, 7) is 2.54. The zero-order valence-electron chi connectivity index (χ0n) is 9.84. The molecule has 0 bridgehead atoms. The number of hydrogen-bond donors (Lipinski definition) is 1. The van der Waals surface area contributed by atoms with Gasteiger partial charge in [0.15, 0.2) is 0 Å². The Bertz CT molecular complexity index is 492. The Morgan fingerprint density at radius 3 is 2.78 bits per heavy atom. The molecule has 1 aliphatic rings. The maximum atomic E-state index is 12.2. The molecule has 0 radical (unpaired) electrons. The fraction of sp³-hybridized carbons (Fsp3) is 0.417. The molecule has 2 atom stereocenters. The van der Waals surface area contributed by atoms with Gasteiger partial charge in [0.25, 0.3) is 5.91 Å². The van der Waals surface area contributed by atoms with Gasteiger partial charge in [0.1, 0.15) is 5.15 Å². The highest BCUT2D eigenvalue weighted by molar-refractivity contribution is 6.29. The summed E-state index contributed by atoms with van der Waals surface area (Å²) >= 11 is 5.73. The predicted molar refractivity (Wildman–Crippen MR) is 65.4 cm³/mol. The monoisotopic (exact) mass is 268 g/mol. The van der Waals surface area contributed by atoms with Crippen molar-refractivity contribution in [2.75, 3.05) is 13.1 Å². The SMILES string of the molecule is CC1CN(C(=O)c2ccnc(Cl)c2)CC1C(=O)O. The van der Waals surface area contributed by atoms with E-state index in [4.69, 9.17) is 16.7 Å². The third-order valence-electron chi connectivity index (χ3n) is 3.19. The molecule has 18 heavy (non-hydrogen) atoms. The van der Waals surface area contributed by atoms with Crippen LogP contribution < -0.4 is 0 Å². The first-order chi connectivity index (χ1) is 8.49. The van der Waals surface area contributed by atoms with Gasteiger partial charge in [-0.2, -0.15) is 0 Å². The largest absolute Gasteiger partial charge is 0.481 e. The number of hydrogen-bond acceptors (Lipinski definition) is 3. The zero-order chi connectivity index (χ0) is 13.3. The van der Waals surface area contributed by atoms with Crippen LogP contribution in [0.5, 0.6) is 0 Å². The number of likely N-dealkylation sites (tertiary alicyclic amines) is 1. The van der Waals surface area contributed by atoms with Crippen molar-refractivity contribution in [2.24, 2.45) is 11.8 Å². The average molecular weight is 269 g/mol. The molecule has 1 saturated heterocycles. The second kappa shape index (κ2) is 4.94. The second-order valence-corrected chi connectivity index (χ2v) is 4.89. The number of nitrogens with zero attached hydrogens (tertiary/aromatic N) is 2. The van der Waals surface area contributed by atoms with Crippen molar-refractivity contribution in [1.29, 1.82) is 0 Å². The second-order valence-electron chi connectivity index (χ2n) is 4.50. The molecule has 5 nitrogen and oxygen atoms in total. The van der Waals surface area contributed by atoms with Gasteiger partial charge in [0.2, 0.25) is 0 Å². The quantitative estimate of drug-likeness (QED) is 0.826. The van der Waals surface area contributed by atoms with Gasteiger partial charge in [-0.1, -0.05) is 18.5 Å². The lowest BCUT2D eigenvalue weighted by molar-refractivity contribution is -0.142. The van der Waals surface area contributed by atoms with Crippen LogP contribution in [0.3, 0.4) is 0 Å². The molecule has 1 aromatic rings. The van der Waals surface area contributed by atoms with Crippen LogP contribution in [0.1, 0.15) is 17.3 Å². The molecule has 0 spiro atoms. The molecule has 0 aliphatic carbocycles. The smallest absolute Gasteiger partial charge is 0.308 e. The first-order valence-electron chi connectivity index (χ1n) is 5.62. The van der Waals surface area contributed by atoms with Crippen molar-refractivity contribution in [3.63, 3.8) is 0 Å². The number of amides is 1. The fourth-order valence-corrected chi connectivity index (χ4v) is 2.35. The van der Waals surface area contributed by atoms with Crippen LogP contribution in [-0.2, 0) is 4.79 Å². The first kappa shape index (κ1) is 12.8. The number of carbonyl (C=O) groups excluding carboxylic acids is 1. The Balaban J connectivity index is 2.14. The van der Waals surface area contributed by atoms with E-state index in [1.165, 1.54) is 12.3 Å². The molecule has 2 rings (SSSR count). The Labute approximate surface area is 109 Å². The summed E-state index contributed by atoms with van der Waals surface area (Å²) in [5, 5.41) is 9.28. The van der Waals surface area contributed by atoms with Crippen molar-refractivity contribution < 1.29 is 14.7 Å². The highest BCUT2D eigenvalue weighted by Gasteiger charge is 2.37. The summed E-state index contributed by atoms with van der Waals surface area (Å²) in [5.41, 5.74) is 0.438. The topological polar surface area (TPSA) is 70.5 Å². The molecule has 0 aromatic carbocycles. The van der Waals surface area contributed by atoms with E-state index in [9.17, 15) is 9.59 Å². The Kier molecular flexibility index (Phi) is 3.52. The molecule has 6 heteroatoms. The molecule has 1 aromatic heterocycles. The number of pyridine rings is 1. The molecule has 1 aliphatic heterocycles. The lowest BCUT2D eigenvalue weighted by Gasteiger charge is -2.15. The number of carboxylic acid groups (broad SMARTS) is 1. The van der Waals surface area contributed by atoms with Gasteiger partial charge in [-0.05, 0) is 18.1 Å². The van der Waals surface area contributed by atoms with Crippen LogP contribution in [0.15, 0.2) is 18.3 Å². The normalized spacial score (nSPS) is 23.1. The minimum Gasteiger partial charge on any atom is -0.481 e. The average Bonchev–Trinajstić information content (AvgIpc) is 2.70. The third kappa shape index (κ3) is 2.46. The van der Waals surface area contributed by atoms with Gasteiger partial charge in [0.05, 0.1) is 5.92 Å². The van der Waals surface area contributed by atoms with Crippen molar-refractivity contribution >= 4 is 23.5 Å². The number of aromatic nitrogens is 1. The number of carboxylic acids is 1. The van der Waals surface area contributed by atoms with Crippen molar-refractivity contribution in [3.05, 3.63) is 29.0 Å². The maximum Gasteiger partial charge on any atom is 0.308 e. The van der Waals surface area contributed by atoms with Crippen LogP contribution in [0.2, 0.25) is 5.15 Å². The van der Waals surface area contributed by atoms with E-state index in [2.05, 4.69) is 4.98 Å². The van der Waals surface area contributed by atoms with E-state index in [0.29, 0.717) is 12.1 Å². The van der Waals surface area contributed by atoms with Gasteiger partial charge in [0, 0.05) is 24.8 Å². The summed E-state index contributed by atoms with van der Waals surface area (Å²) < 4.78 is 0. The molecule has 96 valence electrons. The van der Waals surface area contributed by atoms with Crippen molar-refractivity contribution in [3.8, 4) is 0 Å². The zero-order valence-corrected chi connectivity index (χ0v) is 10.6. The summed E-state index contributed by atoms with van der Waals surface area (Å²) in [5.74, 6) is -1.59. The Morgan fingerprint density at radius 2 is 2.22 bits per heavy atom. The predicted octanol–water partition coefficient (Wildman–Crippen LogP) is 1.53. The molecule has 1 amide bonds. The standard InChI is InChI=1S/C12H13ClN2O3/c1-7-5-15(6-9(7)12(17)18)11(16)8-2-3-14-10(13)4-8/h2-4,7,9H,5-6H2,1H3,(H,17,18). The summed E-state index contributed by atoms with van der Waals surface area (Å²) in [6, 6.07) is 3.07. The van der Waals surface area contributed by atoms with Gasteiger partial charge in [-0.25, -0.2) is 4.98 Å². The van der Waals surface area contributed by atoms with Gasteiger partial charge in [-0.15, -0.1) is 0 Å². The molecular formula is C12H13ClN2O3. The van der Waals surface area contributed by atoms with E-state index >= 15 is 0 Å². The van der Waals surface area contributed by atoms with Crippen molar-refractivity contribution in [1.82, 2.24) is 9.88 Å². The summed E-state index contributed by atoms with van der Waals surface area (Å²) in [6.07, 6.45) is 1.46. The molecule has 2 heterocycles. The molecule has 1 N–H and O–H groups in total. The molecule has 0 saturated carbocycles. The highest BCUT2D eigenvalue weighted by Crippen LogP contribution is 2.24. The third-order valence-corrected chi connectivity index (χ3v) is 3.40. The Morgan fingerprint density at radius 1 is 1.50 bits per heavy atom. The van der Waals surface area contributed by atoms with Crippen LogP contribution in [0, 0.1) is 11.8 Å². The maximum absolute atomic E-state index is 12.2. The number of halogens is 1. The number of rotatable bonds is 2. The van der Waals surface area contributed by atoms with Gasteiger partial charge in [-0.3, -0.25) is 9.59 Å². The van der Waals surface area contributed by atoms with E-state index in [-0.39, 0.29) is 23.5 Å². The highest BCUT2D eigenvalue weighted by atomic mass is 35.5. The lowest BCUT2D eigenvalue weighted by atomic mass is 9.99. The first-order valence-corrected chi connectivity index (χ1v) is 6.00. The van der Waals surface area contributed by atoms with Crippen molar-refractivity contribution in [2.45, 2.75) is 6.92 Å². The van der Waals surface area contributed by atoms with Crippen LogP contribution >= 0.6 is 11.6 Å². The van der Waals surface area contributed by atoms with E-state index in [1.54, 1.807) is 11.0 Å². The van der Waals surface area contributed by atoms with Crippen LogP contribution in [0.4, 0.5) is 0 Å². The minimum absolute atomic E-state index is 0.0382.